The van der Waals surface area contributed by atoms with E-state index in [1.807, 2.05) is 4.98 Å². The van der Waals surface area contributed by atoms with Crippen LogP contribution in [0, 0.1) is 0 Å². The predicted octanol–water partition coefficient (Wildman–Crippen LogP) is 1.92. The number of halogens is 2. The SMILES string of the molecule is O=C(Nc1ccc(Cl)c(Cl)c1)n1ccc(=O)[nH]c1=O. The van der Waals surface area contributed by atoms with Crippen molar-refractivity contribution in [2.24, 2.45) is 0 Å². The summed E-state index contributed by atoms with van der Waals surface area (Å²) >= 11 is 11.5. The minimum absolute atomic E-state index is 0.272. The summed E-state index contributed by atoms with van der Waals surface area (Å²) in [5.74, 6) is 0. The van der Waals surface area contributed by atoms with Gasteiger partial charge < -0.3 is 5.32 Å². The molecule has 1 heterocycles. The molecule has 0 aliphatic rings. The minimum atomic E-state index is -0.829. The number of H-pyrrole nitrogens is 1. The Morgan fingerprint density at radius 1 is 1.16 bits per heavy atom. The lowest BCUT2D eigenvalue weighted by Gasteiger charge is -2.07. The van der Waals surface area contributed by atoms with Crippen molar-refractivity contribution in [2.75, 3.05) is 5.32 Å². The summed E-state index contributed by atoms with van der Waals surface area (Å²) < 4.78 is 0.726. The van der Waals surface area contributed by atoms with Crippen molar-refractivity contribution < 1.29 is 4.79 Å². The molecule has 0 unspecified atom stereocenters. The molecular formula is C11H7Cl2N3O3. The molecule has 2 rings (SSSR count). The molecule has 0 fully saturated rings. The van der Waals surface area contributed by atoms with E-state index in [0.717, 1.165) is 16.8 Å². The summed E-state index contributed by atoms with van der Waals surface area (Å²) in [4.78, 5) is 36.0. The average molecular weight is 300 g/mol. The Hall–Kier alpha value is -2.05. The Labute approximate surface area is 116 Å². The topological polar surface area (TPSA) is 84.0 Å². The molecule has 0 radical (unpaired) electrons. The molecular weight excluding hydrogens is 293 g/mol. The highest BCUT2D eigenvalue weighted by atomic mass is 35.5. The van der Waals surface area contributed by atoms with Gasteiger partial charge in [-0.2, -0.15) is 0 Å². The highest BCUT2D eigenvalue weighted by molar-refractivity contribution is 6.42. The predicted molar refractivity (Wildman–Crippen MR) is 72.2 cm³/mol. The fraction of sp³-hybridized carbons (Fsp3) is 0. The first kappa shape index (κ1) is 13.4. The van der Waals surface area contributed by atoms with E-state index in [4.69, 9.17) is 23.2 Å². The molecule has 19 heavy (non-hydrogen) atoms. The lowest BCUT2D eigenvalue weighted by Crippen LogP contribution is -2.35. The van der Waals surface area contributed by atoms with Crippen molar-refractivity contribution in [1.82, 2.24) is 9.55 Å². The van der Waals surface area contributed by atoms with Gasteiger partial charge in [-0.25, -0.2) is 14.2 Å². The molecule has 0 atom stereocenters. The Bertz CT molecular complexity index is 751. The van der Waals surface area contributed by atoms with Crippen LogP contribution in [0.3, 0.4) is 0 Å². The van der Waals surface area contributed by atoms with Gasteiger partial charge in [0.15, 0.2) is 0 Å². The van der Waals surface area contributed by atoms with Gasteiger partial charge in [0.25, 0.3) is 5.56 Å². The van der Waals surface area contributed by atoms with E-state index >= 15 is 0 Å². The van der Waals surface area contributed by atoms with Gasteiger partial charge in [0.2, 0.25) is 0 Å². The summed E-state index contributed by atoms with van der Waals surface area (Å²) in [6, 6.07) is 4.83. The van der Waals surface area contributed by atoms with E-state index < -0.39 is 17.3 Å². The number of anilines is 1. The number of benzene rings is 1. The summed E-state index contributed by atoms with van der Waals surface area (Å²) in [6.45, 7) is 0. The largest absolute Gasteiger partial charge is 0.336 e. The van der Waals surface area contributed by atoms with Gasteiger partial charge in [-0.15, -0.1) is 0 Å². The number of aromatic nitrogens is 2. The molecule has 2 N–H and O–H groups in total. The number of aromatic amines is 1. The molecule has 1 aromatic heterocycles. The molecule has 0 bridgehead atoms. The van der Waals surface area contributed by atoms with E-state index in [1.54, 1.807) is 0 Å². The van der Waals surface area contributed by atoms with E-state index in [0.29, 0.717) is 10.7 Å². The maximum Gasteiger partial charge on any atom is 0.336 e. The van der Waals surface area contributed by atoms with Gasteiger partial charge in [-0.1, -0.05) is 23.2 Å². The van der Waals surface area contributed by atoms with E-state index in [2.05, 4.69) is 5.32 Å². The Balaban J connectivity index is 2.28. The average Bonchev–Trinajstić information content (AvgIpc) is 2.33. The van der Waals surface area contributed by atoms with Crippen LogP contribution >= 0.6 is 23.2 Å². The maximum absolute atomic E-state index is 11.8. The second-order valence-electron chi connectivity index (χ2n) is 3.54. The number of carbonyl (C=O) groups excluding carboxylic acids is 1. The van der Waals surface area contributed by atoms with Crippen LogP contribution in [0.2, 0.25) is 10.0 Å². The van der Waals surface area contributed by atoms with Crippen LogP contribution in [0.25, 0.3) is 0 Å². The molecule has 0 spiro atoms. The number of rotatable bonds is 1. The Morgan fingerprint density at radius 2 is 1.89 bits per heavy atom. The molecule has 2 aromatic rings. The van der Waals surface area contributed by atoms with E-state index in [9.17, 15) is 14.4 Å². The lowest BCUT2D eigenvalue weighted by atomic mass is 10.3. The van der Waals surface area contributed by atoms with Gasteiger partial charge >= 0.3 is 11.7 Å². The second-order valence-corrected chi connectivity index (χ2v) is 4.35. The highest BCUT2D eigenvalue weighted by Crippen LogP contribution is 2.24. The van der Waals surface area contributed by atoms with Crippen molar-refractivity contribution in [3.8, 4) is 0 Å². The zero-order chi connectivity index (χ0) is 14.0. The first-order valence-electron chi connectivity index (χ1n) is 5.06. The molecule has 0 saturated carbocycles. The van der Waals surface area contributed by atoms with Crippen molar-refractivity contribution in [2.45, 2.75) is 0 Å². The van der Waals surface area contributed by atoms with Crippen molar-refractivity contribution in [3.05, 3.63) is 61.3 Å². The third kappa shape index (κ3) is 3.04. The number of hydrogen-bond donors (Lipinski definition) is 2. The molecule has 1 aromatic carbocycles. The molecule has 0 aliphatic heterocycles. The summed E-state index contributed by atoms with van der Waals surface area (Å²) in [7, 11) is 0. The van der Waals surface area contributed by atoms with Gasteiger partial charge in [0, 0.05) is 18.0 Å². The molecule has 98 valence electrons. The van der Waals surface area contributed by atoms with E-state index in [-0.39, 0.29) is 5.02 Å². The second kappa shape index (κ2) is 5.29. The first-order chi connectivity index (χ1) is 8.97. The van der Waals surface area contributed by atoms with E-state index in [1.165, 1.54) is 18.2 Å². The van der Waals surface area contributed by atoms with Crippen LogP contribution in [-0.2, 0) is 0 Å². The number of carbonyl (C=O) groups is 1. The van der Waals surface area contributed by atoms with Gasteiger partial charge in [-0.05, 0) is 18.2 Å². The fourth-order valence-corrected chi connectivity index (χ4v) is 1.63. The van der Waals surface area contributed by atoms with Crippen LogP contribution in [0.4, 0.5) is 10.5 Å². The standard InChI is InChI=1S/C11H7Cl2N3O3/c12-7-2-1-6(5-8(7)13)14-10(18)16-4-3-9(17)15-11(16)19/h1-5H,(H,14,18)(H,15,17,19). The van der Waals surface area contributed by atoms with Crippen molar-refractivity contribution in [3.63, 3.8) is 0 Å². The third-order valence-electron chi connectivity index (χ3n) is 2.21. The van der Waals surface area contributed by atoms with Crippen LogP contribution in [-0.4, -0.2) is 15.6 Å². The lowest BCUT2D eigenvalue weighted by molar-refractivity contribution is 0.252. The number of hydrogen-bond acceptors (Lipinski definition) is 3. The minimum Gasteiger partial charge on any atom is -0.307 e. The Morgan fingerprint density at radius 3 is 2.53 bits per heavy atom. The molecule has 1 amide bonds. The maximum atomic E-state index is 11.8. The third-order valence-corrected chi connectivity index (χ3v) is 2.95. The van der Waals surface area contributed by atoms with Crippen molar-refractivity contribution >= 4 is 34.9 Å². The van der Waals surface area contributed by atoms with Crippen LogP contribution in [0.5, 0.6) is 0 Å². The molecule has 6 nitrogen and oxygen atoms in total. The van der Waals surface area contributed by atoms with Gasteiger partial charge in [-0.3, -0.25) is 9.78 Å². The van der Waals surface area contributed by atoms with Gasteiger partial charge in [0.05, 0.1) is 10.0 Å². The molecule has 0 aliphatic carbocycles. The first-order valence-corrected chi connectivity index (χ1v) is 5.81. The van der Waals surface area contributed by atoms with Crippen LogP contribution in [0.15, 0.2) is 40.1 Å². The molecule has 0 saturated heterocycles. The Kier molecular flexibility index (Phi) is 3.73. The fourth-order valence-electron chi connectivity index (χ4n) is 1.33. The summed E-state index contributed by atoms with van der Waals surface area (Å²) in [5, 5.41) is 3.07. The van der Waals surface area contributed by atoms with Crippen LogP contribution < -0.4 is 16.6 Å². The number of amides is 1. The van der Waals surface area contributed by atoms with Crippen LogP contribution in [0.1, 0.15) is 0 Å². The normalized spacial score (nSPS) is 10.2. The number of nitrogens with zero attached hydrogens (tertiary/aromatic N) is 1. The quantitative estimate of drug-likeness (QED) is 0.844. The smallest absolute Gasteiger partial charge is 0.307 e. The highest BCUT2D eigenvalue weighted by Gasteiger charge is 2.08. The summed E-state index contributed by atoms with van der Waals surface area (Å²) in [5.41, 5.74) is -1.04. The molecule has 8 heteroatoms. The number of nitrogens with one attached hydrogen (secondary N) is 2. The van der Waals surface area contributed by atoms with Crippen molar-refractivity contribution in [1.29, 1.82) is 0 Å². The zero-order valence-electron chi connectivity index (χ0n) is 9.31. The zero-order valence-corrected chi connectivity index (χ0v) is 10.8. The monoisotopic (exact) mass is 299 g/mol. The summed E-state index contributed by atoms with van der Waals surface area (Å²) in [6.07, 6.45) is 1.08. The van der Waals surface area contributed by atoms with Gasteiger partial charge in [0.1, 0.15) is 0 Å².